The maximum atomic E-state index is 11.7. The van der Waals surface area contributed by atoms with Crippen molar-refractivity contribution in [3.63, 3.8) is 0 Å². The van der Waals surface area contributed by atoms with Gasteiger partial charge < -0.3 is 15.0 Å². The number of imidazole rings is 1. The lowest BCUT2D eigenvalue weighted by Crippen LogP contribution is -2.28. The van der Waals surface area contributed by atoms with E-state index in [4.69, 9.17) is 23.2 Å². The topological polar surface area (TPSA) is 67.2 Å². The van der Waals surface area contributed by atoms with E-state index in [1.165, 1.54) is 0 Å². The summed E-state index contributed by atoms with van der Waals surface area (Å²) in [6.45, 7) is 0.862. The minimum absolute atomic E-state index is 0.104. The summed E-state index contributed by atoms with van der Waals surface area (Å²) in [5, 5.41) is 13.7. The monoisotopic (exact) mass is 341 g/mol. The van der Waals surface area contributed by atoms with Crippen LogP contribution in [-0.4, -0.2) is 27.1 Å². The van der Waals surface area contributed by atoms with Gasteiger partial charge in [-0.1, -0.05) is 23.2 Å². The van der Waals surface area contributed by atoms with Crippen molar-refractivity contribution in [1.29, 1.82) is 0 Å². The Morgan fingerprint density at radius 2 is 2.05 bits per heavy atom. The van der Waals surface area contributed by atoms with E-state index < -0.39 is 6.10 Å². The number of nitrogens with zero attached hydrogens (tertiary/aromatic N) is 2. The summed E-state index contributed by atoms with van der Waals surface area (Å²) in [5.74, 6) is -0.104. The number of aromatic nitrogens is 2. The molecule has 1 heterocycles. The van der Waals surface area contributed by atoms with Gasteiger partial charge in [-0.2, -0.15) is 0 Å². The van der Waals surface area contributed by atoms with Gasteiger partial charge in [0, 0.05) is 41.9 Å². The van der Waals surface area contributed by atoms with Gasteiger partial charge in [0.1, 0.15) is 0 Å². The van der Waals surface area contributed by atoms with Gasteiger partial charge in [-0.05, 0) is 30.2 Å². The van der Waals surface area contributed by atoms with Crippen molar-refractivity contribution in [2.75, 3.05) is 6.54 Å². The first-order valence-corrected chi connectivity index (χ1v) is 7.66. The molecule has 1 atom stereocenters. The van der Waals surface area contributed by atoms with Gasteiger partial charge in [0.15, 0.2) is 0 Å². The minimum atomic E-state index is -0.839. The molecule has 1 unspecified atom stereocenters. The van der Waals surface area contributed by atoms with E-state index in [2.05, 4.69) is 10.3 Å². The molecule has 0 fully saturated rings. The molecular formula is C15H17Cl2N3O2. The molecule has 0 saturated carbocycles. The molecule has 0 aliphatic heterocycles. The number of carbonyl (C=O) groups excluding carboxylic acids is 1. The molecule has 22 heavy (non-hydrogen) atoms. The third-order valence-electron chi connectivity index (χ3n) is 3.14. The highest BCUT2D eigenvalue weighted by Gasteiger charge is 2.11. The zero-order valence-electron chi connectivity index (χ0n) is 11.9. The fourth-order valence-electron chi connectivity index (χ4n) is 2.03. The molecule has 118 valence electrons. The van der Waals surface area contributed by atoms with E-state index in [0.29, 0.717) is 28.5 Å². The maximum absolute atomic E-state index is 11.7. The van der Waals surface area contributed by atoms with E-state index in [9.17, 15) is 9.90 Å². The Hall–Kier alpha value is -1.56. The summed E-state index contributed by atoms with van der Waals surface area (Å²) in [6.07, 6.45) is 5.53. The molecule has 1 aromatic carbocycles. The summed E-state index contributed by atoms with van der Waals surface area (Å²) in [5.41, 5.74) is 0.580. The van der Waals surface area contributed by atoms with Crippen LogP contribution >= 0.6 is 23.2 Å². The second-order valence-corrected chi connectivity index (χ2v) is 5.80. The molecule has 5 nitrogen and oxygen atoms in total. The highest BCUT2D eigenvalue weighted by atomic mass is 35.5. The number of benzene rings is 1. The van der Waals surface area contributed by atoms with Crippen LogP contribution in [0.5, 0.6) is 0 Å². The second kappa shape index (κ2) is 8.17. The summed E-state index contributed by atoms with van der Waals surface area (Å²) in [6, 6.07) is 4.85. The summed E-state index contributed by atoms with van der Waals surface area (Å²) < 4.78 is 1.91. The molecule has 1 aromatic heterocycles. The highest BCUT2D eigenvalue weighted by Crippen LogP contribution is 2.23. The van der Waals surface area contributed by atoms with E-state index in [1.54, 1.807) is 30.7 Å². The number of nitrogens with one attached hydrogen (secondary N) is 1. The van der Waals surface area contributed by atoms with E-state index in [0.717, 1.165) is 6.54 Å². The Morgan fingerprint density at radius 1 is 1.32 bits per heavy atom. The van der Waals surface area contributed by atoms with Crippen molar-refractivity contribution >= 4 is 29.1 Å². The molecule has 0 aliphatic carbocycles. The van der Waals surface area contributed by atoms with Gasteiger partial charge in [-0.25, -0.2) is 4.98 Å². The van der Waals surface area contributed by atoms with Crippen LogP contribution in [0.25, 0.3) is 0 Å². The molecular weight excluding hydrogens is 325 g/mol. The lowest BCUT2D eigenvalue weighted by Gasteiger charge is -2.13. The van der Waals surface area contributed by atoms with Crippen LogP contribution in [-0.2, 0) is 11.3 Å². The lowest BCUT2D eigenvalue weighted by atomic mass is 10.1. The molecule has 0 aliphatic rings. The van der Waals surface area contributed by atoms with Gasteiger partial charge in [0.2, 0.25) is 5.91 Å². The number of rotatable bonds is 7. The predicted octanol–water partition coefficient (Wildman–Crippen LogP) is 2.82. The number of carbonyl (C=O) groups is 1. The quantitative estimate of drug-likeness (QED) is 0.813. The summed E-state index contributed by atoms with van der Waals surface area (Å²) in [4.78, 5) is 15.7. The third-order valence-corrected chi connectivity index (χ3v) is 3.58. The minimum Gasteiger partial charge on any atom is -0.387 e. The lowest BCUT2D eigenvalue weighted by molar-refractivity contribution is -0.121. The largest absolute Gasteiger partial charge is 0.387 e. The fraction of sp³-hybridized carbons (Fsp3) is 0.333. The SMILES string of the molecule is O=C(CCCn1ccnc1)NCC(O)c1cc(Cl)cc(Cl)c1. The van der Waals surface area contributed by atoms with Gasteiger partial charge in [-0.3, -0.25) is 4.79 Å². The fourth-order valence-corrected chi connectivity index (χ4v) is 2.57. The summed E-state index contributed by atoms with van der Waals surface area (Å²) in [7, 11) is 0. The Kier molecular flexibility index (Phi) is 6.24. The molecule has 2 aromatic rings. The molecule has 0 bridgehead atoms. The van der Waals surface area contributed by atoms with Crippen molar-refractivity contribution in [3.8, 4) is 0 Å². The molecule has 0 spiro atoms. The number of aryl methyl sites for hydroxylation is 1. The van der Waals surface area contributed by atoms with E-state index >= 15 is 0 Å². The summed E-state index contributed by atoms with van der Waals surface area (Å²) >= 11 is 11.8. The second-order valence-electron chi connectivity index (χ2n) is 4.93. The first-order valence-electron chi connectivity index (χ1n) is 6.91. The van der Waals surface area contributed by atoms with Crippen LogP contribution < -0.4 is 5.32 Å². The molecule has 0 saturated heterocycles. The average molecular weight is 342 g/mol. The molecule has 0 radical (unpaired) electrons. The Labute approximate surface area is 138 Å². The van der Waals surface area contributed by atoms with Crippen LogP contribution in [0.1, 0.15) is 24.5 Å². The van der Waals surface area contributed by atoms with E-state index in [-0.39, 0.29) is 12.5 Å². The van der Waals surface area contributed by atoms with Gasteiger partial charge in [-0.15, -0.1) is 0 Å². The van der Waals surface area contributed by atoms with Crippen molar-refractivity contribution in [2.24, 2.45) is 0 Å². The van der Waals surface area contributed by atoms with Crippen LogP contribution in [0, 0.1) is 0 Å². The van der Waals surface area contributed by atoms with Crippen LogP contribution in [0.15, 0.2) is 36.9 Å². The Morgan fingerprint density at radius 3 is 2.68 bits per heavy atom. The van der Waals surface area contributed by atoms with Crippen molar-refractivity contribution in [2.45, 2.75) is 25.5 Å². The number of aliphatic hydroxyl groups excluding tert-OH is 1. The van der Waals surface area contributed by atoms with Crippen LogP contribution in [0.2, 0.25) is 10.0 Å². The molecule has 1 amide bonds. The third kappa shape index (κ3) is 5.33. The Balaban J connectivity index is 1.73. The standard InChI is InChI=1S/C15H17Cl2N3O2/c16-12-6-11(7-13(17)8-12)14(21)9-19-15(22)2-1-4-20-5-3-18-10-20/h3,5-8,10,14,21H,1-2,4,9H2,(H,19,22). The van der Waals surface area contributed by atoms with Crippen LogP contribution in [0.4, 0.5) is 0 Å². The molecule has 7 heteroatoms. The van der Waals surface area contributed by atoms with Gasteiger partial charge in [0.05, 0.1) is 12.4 Å². The van der Waals surface area contributed by atoms with Gasteiger partial charge >= 0.3 is 0 Å². The smallest absolute Gasteiger partial charge is 0.220 e. The van der Waals surface area contributed by atoms with Crippen molar-refractivity contribution in [3.05, 3.63) is 52.5 Å². The van der Waals surface area contributed by atoms with Gasteiger partial charge in [0.25, 0.3) is 0 Å². The van der Waals surface area contributed by atoms with E-state index in [1.807, 2.05) is 10.8 Å². The molecule has 2 N–H and O–H groups in total. The number of amides is 1. The number of halogens is 2. The maximum Gasteiger partial charge on any atom is 0.220 e. The number of hydrogen-bond donors (Lipinski definition) is 2. The first-order chi connectivity index (χ1) is 10.5. The normalized spacial score (nSPS) is 12.1. The highest BCUT2D eigenvalue weighted by molar-refractivity contribution is 6.34. The number of aliphatic hydroxyl groups is 1. The first kappa shape index (κ1) is 16.8. The molecule has 2 rings (SSSR count). The number of hydrogen-bond acceptors (Lipinski definition) is 3. The Bertz CT molecular complexity index is 597. The average Bonchev–Trinajstić information content (AvgIpc) is 2.97. The predicted molar refractivity (Wildman–Crippen MR) is 85.9 cm³/mol. The van der Waals surface area contributed by atoms with Crippen molar-refractivity contribution < 1.29 is 9.90 Å². The zero-order valence-corrected chi connectivity index (χ0v) is 13.4. The zero-order chi connectivity index (χ0) is 15.9. The van der Waals surface area contributed by atoms with Crippen molar-refractivity contribution in [1.82, 2.24) is 14.9 Å². The van der Waals surface area contributed by atoms with Crippen LogP contribution in [0.3, 0.4) is 0 Å².